The molecule has 10 heteroatoms. The number of aromatic nitrogens is 4. The quantitative estimate of drug-likeness (QED) is 0.487. The van der Waals surface area contributed by atoms with E-state index in [1.54, 1.807) is 24.1 Å². The molecular weight excluding hydrogens is 388 g/mol. The third-order valence-electron chi connectivity index (χ3n) is 3.55. The molecule has 0 unspecified atom stereocenters. The van der Waals surface area contributed by atoms with Crippen LogP contribution in [0.5, 0.6) is 0 Å². The van der Waals surface area contributed by atoms with E-state index in [2.05, 4.69) is 44.2 Å². The van der Waals surface area contributed by atoms with Crippen LogP contribution < -0.4 is 16.0 Å². The molecule has 2 heterocycles. The second-order valence-electron chi connectivity index (χ2n) is 5.75. The van der Waals surface area contributed by atoms with Crippen LogP contribution in [0.25, 0.3) is 0 Å². The van der Waals surface area contributed by atoms with E-state index in [0.717, 1.165) is 0 Å². The molecule has 7 nitrogen and oxygen atoms in total. The predicted octanol–water partition coefficient (Wildman–Crippen LogP) is 4.90. The highest BCUT2D eigenvalue weighted by Gasteiger charge is 2.11. The van der Waals surface area contributed by atoms with E-state index in [0.29, 0.717) is 11.4 Å². The second-order valence-corrected chi connectivity index (χ2v) is 6.15. The molecule has 28 heavy (non-hydrogen) atoms. The number of rotatable bonds is 7. The van der Waals surface area contributed by atoms with Crippen molar-refractivity contribution in [1.29, 1.82) is 0 Å². The summed E-state index contributed by atoms with van der Waals surface area (Å²) < 4.78 is 28.9. The number of hydrogen-bond acceptors (Lipinski definition) is 6. The first-order chi connectivity index (χ1) is 13.3. The average Bonchev–Trinajstić information content (AvgIpc) is 3.05. The van der Waals surface area contributed by atoms with Crippen LogP contribution in [0.2, 0.25) is 5.02 Å². The summed E-state index contributed by atoms with van der Waals surface area (Å²) in [5, 5.41) is 12.7. The summed E-state index contributed by atoms with van der Waals surface area (Å²) in [6.07, 6.45) is 4.72. The first kappa shape index (κ1) is 19.3. The lowest BCUT2D eigenvalue weighted by Gasteiger charge is -2.13. The van der Waals surface area contributed by atoms with Gasteiger partial charge in [-0.2, -0.15) is 10.1 Å². The fourth-order valence-corrected chi connectivity index (χ4v) is 2.34. The number of allylic oxidation sites excluding steroid dienone is 1. The monoisotopic (exact) mass is 403 g/mol. The summed E-state index contributed by atoms with van der Waals surface area (Å²) in [6.45, 7) is 6.65. The molecule has 0 fully saturated rings. The summed E-state index contributed by atoms with van der Waals surface area (Å²) in [5.74, 6) is -0.833. The molecule has 2 aromatic heterocycles. The molecule has 3 aromatic rings. The van der Waals surface area contributed by atoms with Crippen LogP contribution in [0.4, 0.5) is 37.6 Å². The molecule has 0 saturated carbocycles. The van der Waals surface area contributed by atoms with Crippen molar-refractivity contribution in [3.63, 3.8) is 0 Å². The van der Waals surface area contributed by atoms with E-state index < -0.39 is 11.6 Å². The Balaban J connectivity index is 1.83. The van der Waals surface area contributed by atoms with Gasteiger partial charge >= 0.3 is 0 Å². The van der Waals surface area contributed by atoms with E-state index in [1.807, 2.05) is 0 Å². The third-order valence-corrected chi connectivity index (χ3v) is 3.82. The zero-order valence-electron chi connectivity index (χ0n) is 14.8. The number of aryl methyl sites for hydroxylation is 1. The van der Waals surface area contributed by atoms with Crippen molar-refractivity contribution in [1.82, 2.24) is 19.7 Å². The Labute approximate surface area is 164 Å². The topological polar surface area (TPSA) is 79.7 Å². The maximum absolute atomic E-state index is 14.2. The largest absolute Gasteiger partial charge is 0.354 e. The lowest BCUT2D eigenvalue weighted by atomic mass is 10.2. The molecule has 3 N–H and O–H groups in total. The molecule has 0 saturated heterocycles. The number of nitrogens with zero attached hydrogens (tertiary/aromatic N) is 4. The van der Waals surface area contributed by atoms with E-state index >= 15 is 0 Å². The van der Waals surface area contributed by atoms with Gasteiger partial charge in [-0.25, -0.2) is 13.8 Å². The van der Waals surface area contributed by atoms with Gasteiger partial charge in [0.15, 0.2) is 5.82 Å². The van der Waals surface area contributed by atoms with Crippen LogP contribution in [-0.2, 0) is 7.05 Å². The van der Waals surface area contributed by atoms with Crippen LogP contribution >= 0.6 is 11.6 Å². The first-order valence-corrected chi connectivity index (χ1v) is 8.35. The second kappa shape index (κ2) is 8.05. The van der Waals surface area contributed by atoms with Crippen molar-refractivity contribution in [2.24, 2.45) is 7.05 Å². The summed E-state index contributed by atoms with van der Waals surface area (Å²) in [6, 6.07) is 4.07. The smallest absolute Gasteiger partial charge is 0.229 e. The standard InChI is InChI=1S/C18H16ClF2N7/c1-10(20)11(2)24-12-4-5-15(21)16(6-12)26-17-14(19)8-22-18(27-17)25-13-7-23-28(3)9-13/h4-9,24H,1-2H2,3H3,(H2,22,25,26,27). The lowest BCUT2D eigenvalue weighted by Crippen LogP contribution is -2.03. The lowest BCUT2D eigenvalue weighted by molar-refractivity contribution is 0.632. The first-order valence-electron chi connectivity index (χ1n) is 7.97. The summed E-state index contributed by atoms with van der Waals surface area (Å²) in [5.41, 5.74) is 1.14. The minimum absolute atomic E-state index is 0.0272. The number of nitrogens with one attached hydrogen (secondary N) is 3. The fourth-order valence-electron chi connectivity index (χ4n) is 2.20. The van der Waals surface area contributed by atoms with Crippen molar-refractivity contribution in [3.05, 3.63) is 72.3 Å². The highest BCUT2D eigenvalue weighted by atomic mass is 35.5. The van der Waals surface area contributed by atoms with Gasteiger partial charge in [-0.3, -0.25) is 4.68 Å². The van der Waals surface area contributed by atoms with E-state index in [-0.39, 0.29) is 28.2 Å². The number of anilines is 5. The molecule has 0 radical (unpaired) electrons. The van der Waals surface area contributed by atoms with Gasteiger partial charge in [0.1, 0.15) is 16.7 Å². The van der Waals surface area contributed by atoms with Gasteiger partial charge < -0.3 is 16.0 Å². The van der Waals surface area contributed by atoms with E-state index in [1.165, 1.54) is 24.4 Å². The minimum Gasteiger partial charge on any atom is -0.354 e. The average molecular weight is 404 g/mol. The Morgan fingerprint density at radius 2 is 1.96 bits per heavy atom. The SMILES string of the molecule is C=C(F)C(=C)Nc1ccc(F)c(Nc2nc(Nc3cnn(C)c3)ncc2Cl)c1. The molecule has 144 valence electrons. The van der Waals surface area contributed by atoms with Crippen LogP contribution in [0, 0.1) is 5.82 Å². The van der Waals surface area contributed by atoms with Gasteiger partial charge in [0.25, 0.3) is 0 Å². The van der Waals surface area contributed by atoms with Crippen LogP contribution in [0.1, 0.15) is 0 Å². The zero-order chi connectivity index (χ0) is 20.3. The number of halogens is 3. The van der Waals surface area contributed by atoms with Crippen molar-refractivity contribution < 1.29 is 8.78 Å². The van der Waals surface area contributed by atoms with Crippen molar-refractivity contribution in [3.8, 4) is 0 Å². The molecule has 0 spiro atoms. The van der Waals surface area contributed by atoms with E-state index in [9.17, 15) is 8.78 Å². The molecule has 0 amide bonds. The third kappa shape index (κ3) is 4.63. The van der Waals surface area contributed by atoms with Crippen molar-refractivity contribution in [2.75, 3.05) is 16.0 Å². The molecule has 1 aromatic carbocycles. The molecular formula is C18H16ClF2N7. The predicted molar refractivity (Wildman–Crippen MR) is 106 cm³/mol. The van der Waals surface area contributed by atoms with Crippen molar-refractivity contribution in [2.45, 2.75) is 0 Å². The molecule has 0 aliphatic heterocycles. The Hall–Kier alpha value is -3.46. The zero-order valence-corrected chi connectivity index (χ0v) is 15.6. The Kier molecular flexibility index (Phi) is 5.55. The Morgan fingerprint density at radius 1 is 1.18 bits per heavy atom. The minimum atomic E-state index is -0.719. The molecule has 0 aliphatic rings. The number of benzene rings is 1. The van der Waals surface area contributed by atoms with Gasteiger partial charge in [0.05, 0.1) is 29.5 Å². The highest BCUT2D eigenvalue weighted by Crippen LogP contribution is 2.28. The molecule has 0 atom stereocenters. The highest BCUT2D eigenvalue weighted by molar-refractivity contribution is 6.32. The van der Waals surface area contributed by atoms with Gasteiger partial charge in [-0.15, -0.1) is 0 Å². The van der Waals surface area contributed by atoms with Gasteiger partial charge in [0.2, 0.25) is 5.95 Å². The van der Waals surface area contributed by atoms with Gasteiger partial charge in [-0.1, -0.05) is 24.8 Å². The molecule has 0 aliphatic carbocycles. The summed E-state index contributed by atoms with van der Waals surface area (Å²) in [7, 11) is 1.78. The van der Waals surface area contributed by atoms with Crippen LogP contribution in [0.15, 0.2) is 61.5 Å². The normalized spacial score (nSPS) is 10.4. The molecule has 3 rings (SSSR count). The van der Waals surface area contributed by atoms with Gasteiger partial charge in [0, 0.05) is 18.9 Å². The van der Waals surface area contributed by atoms with Crippen molar-refractivity contribution >= 4 is 40.4 Å². The Morgan fingerprint density at radius 3 is 2.64 bits per heavy atom. The van der Waals surface area contributed by atoms with E-state index in [4.69, 9.17) is 11.6 Å². The van der Waals surface area contributed by atoms with Gasteiger partial charge in [-0.05, 0) is 18.2 Å². The number of hydrogen-bond donors (Lipinski definition) is 3. The van der Waals surface area contributed by atoms with Crippen LogP contribution in [0.3, 0.4) is 0 Å². The van der Waals surface area contributed by atoms with Crippen LogP contribution in [-0.4, -0.2) is 19.7 Å². The fraction of sp³-hybridized carbons (Fsp3) is 0.0556. The summed E-state index contributed by atoms with van der Waals surface area (Å²) >= 11 is 6.13. The molecule has 0 bridgehead atoms. The maximum atomic E-state index is 14.2. The summed E-state index contributed by atoms with van der Waals surface area (Å²) in [4.78, 5) is 8.33. The maximum Gasteiger partial charge on any atom is 0.229 e. The Bertz CT molecular complexity index is 1050.